The van der Waals surface area contributed by atoms with E-state index in [9.17, 15) is 0 Å². The Bertz CT molecular complexity index is 470. The van der Waals surface area contributed by atoms with Gasteiger partial charge in [-0.2, -0.15) is 0 Å². The standard InChI is InChI=1S/C16H24N2O/c1-16(2)9-12-5-4-6-13(15(12)19-16)10-18-8-7-14(11-18)17-3/h4-6,14,17H,7-11H2,1-3H3. The van der Waals surface area contributed by atoms with Gasteiger partial charge in [0.1, 0.15) is 11.4 Å². The molecule has 2 aliphatic heterocycles. The van der Waals surface area contributed by atoms with Gasteiger partial charge in [0.2, 0.25) is 0 Å². The Morgan fingerprint density at radius 1 is 1.42 bits per heavy atom. The Morgan fingerprint density at radius 3 is 3.00 bits per heavy atom. The number of fused-ring (bicyclic) bond motifs is 1. The second kappa shape index (κ2) is 4.80. The van der Waals surface area contributed by atoms with Gasteiger partial charge in [0, 0.05) is 37.7 Å². The molecular weight excluding hydrogens is 236 g/mol. The fraction of sp³-hybridized carbons (Fsp3) is 0.625. The van der Waals surface area contributed by atoms with Crippen molar-refractivity contribution in [1.82, 2.24) is 10.2 Å². The first-order valence-corrected chi connectivity index (χ1v) is 7.27. The number of benzene rings is 1. The minimum atomic E-state index is -0.0447. The SMILES string of the molecule is CNC1CCN(Cc2cccc3c2OC(C)(C)C3)C1. The van der Waals surface area contributed by atoms with Crippen molar-refractivity contribution in [2.45, 2.75) is 44.9 Å². The van der Waals surface area contributed by atoms with Gasteiger partial charge in [-0.05, 0) is 32.9 Å². The summed E-state index contributed by atoms with van der Waals surface area (Å²) in [6, 6.07) is 7.24. The minimum absolute atomic E-state index is 0.0447. The number of rotatable bonds is 3. The van der Waals surface area contributed by atoms with Gasteiger partial charge in [0.15, 0.2) is 0 Å². The summed E-state index contributed by atoms with van der Waals surface area (Å²) in [4.78, 5) is 2.52. The first-order chi connectivity index (χ1) is 9.07. The van der Waals surface area contributed by atoms with Crippen molar-refractivity contribution in [2.24, 2.45) is 0 Å². The van der Waals surface area contributed by atoms with Gasteiger partial charge < -0.3 is 10.1 Å². The molecule has 3 rings (SSSR count). The molecule has 3 nitrogen and oxygen atoms in total. The van der Waals surface area contributed by atoms with Crippen LogP contribution < -0.4 is 10.1 Å². The van der Waals surface area contributed by atoms with E-state index in [1.165, 1.54) is 24.1 Å². The summed E-state index contributed by atoms with van der Waals surface area (Å²) >= 11 is 0. The molecular formula is C16H24N2O. The van der Waals surface area contributed by atoms with Crippen LogP contribution in [0.5, 0.6) is 5.75 Å². The molecule has 0 saturated carbocycles. The largest absolute Gasteiger partial charge is 0.487 e. The highest BCUT2D eigenvalue weighted by Gasteiger charge is 2.32. The molecule has 0 aliphatic carbocycles. The zero-order chi connectivity index (χ0) is 13.5. The average molecular weight is 260 g/mol. The predicted octanol–water partition coefficient (Wildman–Crippen LogP) is 2.19. The van der Waals surface area contributed by atoms with E-state index in [0.717, 1.165) is 25.3 Å². The molecule has 1 aromatic carbocycles. The van der Waals surface area contributed by atoms with E-state index in [1.54, 1.807) is 0 Å². The van der Waals surface area contributed by atoms with Crippen LogP contribution in [0.3, 0.4) is 0 Å². The minimum Gasteiger partial charge on any atom is -0.487 e. The van der Waals surface area contributed by atoms with Gasteiger partial charge in [-0.3, -0.25) is 4.90 Å². The Morgan fingerprint density at radius 2 is 2.26 bits per heavy atom. The van der Waals surface area contributed by atoms with Crippen LogP contribution >= 0.6 is 0 Å². The van der Waals surface area contributed by atoms with Gasteiger partial charge in [-0.1, -0.05) is 18.2 Å². The lowest BCUT2D eigenvalue weighted by Crippen LogP contribution is -2.29. The smallest absolute Gasteiger partial charge is 0.127 e. The number of likely N-dealkylation sites (tertiary alicyclic amines) is 1. The second-order valence-electron chi connectivity index (χ2n) is 6.45. The number of nitrogens with one attached hydrogen (secondary N) is 1. The zero-order valence-electron chi connectivity index (χ0n) is 12.2. The molecule has 1 atom stereocenters. The first kappa shape index (κ1) is 12.9. The maximum Gasteiger partial charge on any atom is 0.127 e. The molecule has 1 saturated heterocycles. The molecule has 0 spiro atoms. The Labute approximate surface area is 115 Å². The quantitative estimate of drug-likeness (QED) is 0.901. The summed E-state index contributed by atoms with van der Waals surface area (Å²) in [5.74, 6) is 1.14. The van der Waals surface area contributed by atoms with Crippen molar-refractivity contribution in [3.63, 3.8) is 0 Å². The van der Waals surface area contributed by atoms with E-state index < -0.39 is 0 Å². The highest BCUT2D eigenvalue weighted by molar-refractivity contribution is 5.45. The average Bonchev–Trinajstić information content (AvgIpc) is 2.92. The summed E-state index contributed by atoms with van der Waals surface area (Å²) in [5, 5.41) is 3.37. The Hall–Kier alpha value is -1.06. The van der Waals surface area contributed by atoms with E-state index in [-0.39, 0.29) is 5.60 Å². The number of likely N-dealkylation sites (N-methyl/N-ethyl adjacent to an activating group) is 1. The van der Waals surface area contributed by atoms with E-state index >= 15 is 0 Å². The Kier molecular flexibility index (Phi) is 3.27. The number of hydrogen-bond donors (Lipinski definition) is 1. The number of hydrogen-bond acceptors (Lipinski definition) is 3. The maximum absolute atomic E-state index is 6.15. The van der Waals surface area contributed by atoms with Crippen LogP contribution in [0.2, 0.25) is 0 Å². The molecule has 1 unspecified atom stereocenters. The number of nitrogens with zero attached hydrogens (tertiary/aromatic N) is 1. The van der Waals surface area contributed by atoms with Crippen LogP contribution in [-0.4, -0.2) is 36.7 Å². The van der Waals surface area contributed by atoms with Crippen molar-refractivity contribution in [3.8, 4) is 5.75 Å². The molecule has 1 N–H and O–H groups in total. The van der Waals surface area contributed by atoms with E-state index in [0.29, 0.717) is 6.04 Å². The van der Waals surface area contributed by atoms with E-state index in [4.69, 9.17) is 4.74 Å². The molecule has 0 aromatic heterocycles. The van der Waals surface area contributed by atoms with Crippen LogP contribution in [0.25, 0.3) is 0 Å². The van der Waals surface area contributed by atoms with E-state index in [1.807, 2.05) is 0 Å². The molecule has 0 bridgehead atoms. The van der Waals surface area contributed by atoms with Gasteiger partial charge in [-0.15, -0.1) is 0 Å². The maximum atomic E-state index is 6.15. The lowest BCUT2D eigenvalue weighted by atomic mass is 10.0. The Balaban J connectivity index is 1.75. The molecule has 2 heterocycles. The highest BCUT2D eigenvalue weighted by Crippen LogP contribution is 2.38. The van der Waals surface area contributed by atoms with Gasteiger partial charge in [0.25, 0.3) is 0 Å². The fourth-order valence-electron chi connectivity index (χ4n) is 3.26. The lowest BCUT2D eigenvalue weighted by Gasteiger charge is -2.20. The monoisotopic (exact) mass is 260 g/mol. The summed E-state index contributed by atoms with van der Waals surface area (Å²) in [7, 11) is 2.06. The summed E-state index contributed by atoms with van der Waals surface area (Å²) in [6.07, 6.45) is 2.27. The molecule has 0 amide bonds. The zero-order valence-corrected chi connectivity index (χ0v) is 12.2. The topological polar surface area (TPSA) is 24.5 Å². The van der Waals surface area contributed by atoms with Crippen LogP contribution in [-0.2, 0) is 13.0 Å². The molecule has 1 fully saturated rings. The fourth-order valence-corrected chi connectivity index (χ4v) is 3.26. The third-order valence-corrected chi connectivity index (χ3v) is 4.25. The molecule has 104 valence electrons. The molecule has 1 aromatic rings. The van der Waals surface area contributed by atoms with Crippen LogP contribution in [0.4, 0.5) is 0 Å². The second-order valence-corrected chi connectivity index (χ2v) is 6.45. The van der Waals surface area contributed by atoms with Gasteiger partial charge >= 0.3 is 0 Å². The summed E-state index contributed by atoms with van der Waals surface area (Å²) in [6.45, 7) is 7.67. The van der Waals surface area contributed by atoms with Crippen molar-refractivity contribution < 1.29 is 4.74 Å². The van der Waals surface area contributed by atoms with Crippen molar-refractivity contribution in [1.29, 1.82) is 0 Å². The van der Waals surface area contributed by atoms with Gasteiger partial charge in [0.05, 0.1) is 0 Å². The molecule has 19 heavy (non-hydrogen) atoms. The number of para-hydroxylation sites is 1. The normalized spacial score (nSPS) is 25.3. The van der Waals surface area contributed by atoms with Crippen LogP contribution in [0, 0.1) is 0 Å². The highest BCUT2D eigenvalue weighted by atomic mass is 16.5. The van der Waals surface area contributed by atoms with Crippen LogP contribution in [0.1, 0.15) is 31.4 Å². The molecule has 3 heteroatoms. The van der Waals surface area contributed by atoms with Crippen molar-refractivity contribution in [3.05, 3.63) is 29.3 Å². The van der Waals surface area contributed by atoms with Crippen molar-refractivity contribution in [2.75, 3.05) is 20.1 Å². The summed E-state index contributed by atoms with van der Waals surface area (Å²) in [5.41, 5.74) is 2.67. The third-order valence-electron chi connectivity index (χ3n) is 4.25. The summed E-state index contributed by atoms with van der Waals surface area (Å²) < 4.78 is 6.15. The molecule has 0 radical (unpaired) electrons. The lowest BCUT2D eigenvalue weighted by molar-refractivity contribution is 0.136. The molecule has 2 aliphatic rings. The van der Waals surface area contributed by atoms with Gasteiger partial charge in [-0.25, -0.2) is 0 Å². The van der Waals surface area contributed by atoms with Crippen LogP contribution in [0.15, 0.2) is 18.2 Å². The van der Waals surface area contributed by atoms with Crippen molar-refractivity contribution >= 4 is 0 Å². The van der Waals surface area contributed by atoms with E-state index in [2.05, 4.69) is 49.3 Å². The third kappa shape index (κ3) is 2.63. The predicted molar refractivity (Wildman–Crippen MR) is 77.6 cm³/mol. The first-order valence-electron chi connectivity index (χ1n) is 7.27. The number of ether oxygens (including phenoxy) is 1.